The molecule has 0 radical (unpaired) electrons. The maximum Gasteiger partial charge on any atom is 0.222 e. The SMILES string of the molecule is CC(C)C(=O)NCc1ccc(OC(C)(C)C)cc1. The Hall–Kier alpha value is -1.51. The predicted octanol–water partition coefficient (Wildman–Crippen LogP) is 3.14. The molecule has 1 rings (SSSR count). The van der Waals surface area contributed by atoms with E-state index in [0.717, 1.165) is 11.3 Å². The lowest BCUT2D eigenvalue weighted by atomic mass is 10.1. The van der Waals surface area contributed by atoms with Crippen LogP contribution in [0, 0.1) is 5.92 Å². The molecule has 3 nitrogen and oxygen atoms in total. The zero-order valence-corrected chi connectivity index (χ0v) is 11.9. The molecule has 100 valence electrons. The highest BCUT2D eigenvalue weighted by molar-refractivity contribution is 5.77. The molecule has 0 saturated heterocycles. The van der Waals surface area contributed by atoms with E-state index in [1.165, 1.54) is 0 Å². The van der Waals surface area contributed by atoms with E-state index in [4.69, 9.17) is 4.74 Å². The van der Waals surface area contributed by atoms with E-state index in [1.54, 1.807) is 0 Å². The molecular formula is C15H23NO2. The fourth-order valence-electron chi connectivity index (χ4n) is 1.42. The Morgan fingerprint density at radius 2 is 1.78 bits per heavy atom. The van der Waals surface area contributed by atoms with E-state index in [-0.39, 0.29) is 17.4 Å². The number of rotatable bonds is 4. The van der Waals surface area contributed by atoms with Crippen LogP contribution >= 0.6 is 0 Å². The summed E-state index contributed by atoms with van der Waals surface area (Å²) in [6.07, 6.45) is 0. The zero-order chi connectivity index (χ0) is 13.8. The van der Waals surface area contributed by atoms with Gasteiger partial charge in [-0.3, -0.25) is 4.79 Å². The molecule has 0 heterocycles. The van der Waals surface area contributed by atoms with Gasteiger partial charge < -0.3 is 10.1 Å². The highest BCUT2D eigenvalue weighted by Gasteiger charge is 2.11. The van der Waals surface area contributed by atoms with Crippen molar-refractivity contribution in [1.29, 1.82) is 0 Å². The topological polar surface area (TPSA) is 38.3 Å². The predicted molar refractivity (Wildman–Crippen MR) is 73.5 cm³/mol. The first-order valence-corrected chi connectivity index (χ1v) is 6.33. The summed E-state index contributed by atoms with van der Waals surface area (Å²) in [6.45, 7) is 10.4. The van der Waals surface area contributed by atoms with Gasteiger partial charge in [0, 0.05) is 12.5 Å². The van der Waals surface area contributed by atoms with Crippen LogP contribution in [0.15, 0.2) is 24.3 Å². The molecule has 0 bridgehead atoms. The third kappa shape index (κ3) is 5.21. The first kappa shape index (κ1) is 14.6. The monoisotopic (exact) mass is 249 g/mol. The molecule has 0 unspecified atom stereocenters. The van der Waals surface area contributed by atoms with Crippen LogP contribution in [-0.2, 0) is 11.3 Å². The van der Waals surface area contributed by atoms with Crippen LogP contribution in [0.25, 0.3) is 0 Å². The molecule has 0 atom stereocenters. The average Bonchev–Trinajstić information content (AvgIpc) is 2.25. The first-order chi connectivity index (χ1) is 8.28. The van der Waals surface area contributed by atoms with Gasteiger partial charge in [-0.05, 0) is 38.5 Å². The third-order valence-electron chi connectivity index (χ3n) is 2.34. The van der Waals surface area contributed by atoms with Gasteiger partial charge >= 0.3 is 0 Å². The standard InChI is InChI=1S/C15H23NO2/c1-11(2)14(17)16-10-12-6-8-13(9-7-12)18-15(3,4)5/h6-9,11H,10H2,1-5H3,(H,16,17). The highest BCUT2D eigenvalue weighted by Crippen LogP contribution is 2.18. The van der Waals surface area contributed by atoms with Gasteiger partial charge in [-0.2, -0.15) is 0 Å². The molecule has 1 aromatic rings. The lowest BCUT2D eigenvalue weighted by Gasteiger charge is -2.21. The van der Waals surface area contributed by atoms with Crippen LogP contribution in [0.1, 0.15) is 40.2 Å². The quantitative estimate of drug-likeness (QED) is 0.890. The van der Waals surface area contributed by atoms with Crippen molar-refractivity contribution in [3.63, 3.8) is 0 Å². The van der Waals surface area contributed by atoms with Crippen LogP contribution in [0.2, 0.25) is 0 Å². The Labute approximate surface area is 110 Å². The molecule has 0 fully saturated rings. The van der Waals surface area contributed by atoms with E-state index in [1.807, 2.05) is 58.9 Å². The summed E-state index contributed by atoms with van der Waals surface area (Å²) >= 11 is 0. The minimum absolute atomic E-state index is 0.0218. The van der Waals surface area contributed by atoms with Gasteiger partial charge in [0.05, 0.1) is 0 Å². The maximum atomic E-state index is 11.4. The summed E-state index contributed by atoms with van der Waals surface area (Å²) in [6, 6.07) is 7.81. The molecule has 1 amide bonds. The molecule has 0 aromatic heterocycles. The molecular weight excluding hydrogens is 226 g/mol. The molecule has 0 saturated carbocycles. The number of benzene rings is 1. The number of ether oxygens (including phenoxy) is 1. The number of nitrogens with one attached hydrogen (secondary N) is 1. The molecule has 0 aliphatic carbocycles. The molecule has 0 aliphatic heterocycles. The number of carbonyl (C=O) groups is 1. The van der Waals surface area contributed by atoms with Gasteiger partial charge in [-0.1, -0.05) is 26.0 Å². The summed E-state index contributed by atoms with van der Waals surface area (Å²) in [7, 11) is 0. The van der Waals surface area contributed by atoms with Crippen molar-refractivity contribution in [1.82, 2.24) is 5.32 Å². The summed E-state index contributed by atoms with van der Waals surface area (Å²) in [4.78, 5) is 11.4. The van der Waals surface area contributed by atoms with E-state index in [2.05, 4.69) is 5.32 Å². The minimum atomic E-state index is -0.187. The lowest BCUT2D eigenvalue weighted by molar-refractivity contribution is -0.124. The van der Waals surface area contributed by atoms with Gasteiger partial charge in [0.15, 0.2) is 0 Å². The van der Waals surface area contributed by atoms with Gasteiger partial charge in [-0.25, -0.2) is 0 Å². The first-order valence-electron chi connectivity index (χ1n) is 6.33. The van der Waals surface area contributed by atoms with Crippen LogP contribution in [0.3, 0.4) is 0 Å². The van der Waals surface area contributed by atoms with Gasteiger partial charge in [0.25, 0.3) is 0 Å². The van der Waals surface area contributed by atoms with Crippen LogP contribution < -0.4 is 10.1 Å². The van der Waals surface area contributed by atoms with E-state index < -0.39 is 0 Å². The Morgan fingerprint density at radius 1 is 1.22 bits per heavy atom. The maximum absolute atomic E-state index is 11.4. The van der Waals surface area contributed by atoms with E-state index >= 15 is 0 Å². The van der Waals surface area contributed by atoms with E-state index in [9.17, 15) is 4.79 Å². The highest BCUT2D eigenvalue weighted by atomic mass is 16.5. The fraction of sp³-hybridized carbons (Fsp3) is 0.533. The molecule has 0 aliphatic rings. The number of carbonyl (C=O) groups excluding carboxylic acids is 1. The van der Waals surface area contributed by atoms with E-state index in [0.29, 0.717) is 6.54 Å². The Bertz CT molecular complexity index is 388. The smallest absolute Gasteiger partial charge is 0.222 e. The van der Waals surface area contributed by atoms with Gasteiger partial charge in [0.2, 0.25) is 5.91 Å². The molecule has 1 N–H and O–H groups in total. The minimum Gasteiger partial charge on any atom is -0.488 e. The molecule has 0 spiro atoms. The van der Waals surface area contributed by atoms with Crippen molar-refractivity contribution in [3.8, 4) is 5.75 Å². The Morgan fingerprint density at radius 3 is 2.22 bits per heavy atom. The largest absolute Gasteiger partial charge is 0.488 e. The normalized spacial score (nSPS) is 11.4. The number of hydrogen-bond donors (Lipinski definition) is 1. The fourth-order valence-corrected chi connectivity index (χ4v) is 1.42. The van der Waals surface area contributed by atoms with Crippen LogP contribution in [0.5, 0.6) is 5.75 Å². The zero-order valence-electron chi connectivity index (χ0n) is 11.9. The van der Waals surface area contributed by atoms with Crippen molar-refractivity contribution in [2.45, 2.75) is 46.8 Å². The van der Waals surface area contributed by atoms with Crippen molar-refractivity contribution >= 4 is 5.91 Å². The van der Waals surface area contributed by atoms with Gasteiger partial charge in [-0.15, -0.1) is 0 Å². The Kier molecular flexibility index (Phi) is 4.76. The average molecular weight is 249 g/mol. The lowest BCUT2D eigenvalue weighted by Crippen LogP contribution is -2.27. The summed E-state index contributed by atoms with van der Waals surface area (Å²) in [5.41, 5.74) is 0.887. The van der Waals surface area contributed by atoms with Crippen molar-refractivity contribution in [2.75, 3.05) is 0 Å². The molecule has 3 heteroatoms. The molecule has 1 aromatic carbocycles. The summed E-state index contributed by atoms with van der Waals surface area (Å²) < 4.78 is 5.73. The summed E-state index contributed by atoms with van der Waals surface area (Å²) in [5, 5.41) is 2.89. The van der Waals surface area contributed by atoms with Crippen molar-refractivity contribution in [3.05, 3.63) is 29.8 Å². The molecule has 18 heavy (non-hydrogen) atoms. The Balaban J connectivity index is 2.53. The number of hydrogen-bond acceptors (Lipinski definition) is 2. The third-order valence-corrected chi connectivity index (χ3v) is 2.34. The number of amides is 1. The second-order valence-electron chi connectivity index (χ2n) is 5.73. The van der Waals surface area contributed by atoms with Crippen molar-refractivity contribution in [2.24, 2.45) is 5.92 Å². The second kappa shape index (κ2) is 5.89. The second-order valence-corrected chi connectivity index (χ2v) is 5.73. The van der Waals surface area contributed by atoms with Crippen molar-refractivity contribution < 1.29 is 9.53 Å². The van der Waals surface area contributed by atoms with Gasteiger partial charge in [0.1, 0.15) is 11.4 Å². The van der Waals surface area contributed by atoms with Crippen LogP contribution in [-0.4, -0.2) is 11.5 Å². The van der Waals surface area contributed by atoms with Crippen LogP contribution in [0.4, 0.5) is 0 Å². The summed E-state index contributed by atoms with van der Waals surface area (Å²) in [5.74, 6) is 0.944.